The molecule has 4 rings (SSSR count). The average molecular weight is 651 g/mol. The summed E-state index contributed by atoms with van der Waals surface area (Å²) in [6.45, 7) is -0.444. The number of nitrogens with zero attached hydrogens (tertiary/aromatic N) is 2. The molecule has 14 heteroatoms. The Morgan fingerprint density at radius 2 is 1.48 bits per heavy atom. The molecule has 1 heterocycles. The van der Waals surface area contributed by atoms with Crippen LogP contribution in [0.4, 0.5) is 36.8 Å². The second kappa shape index (κ2) is 14.6. The van der Waals surface area contributed by atoms with Crippen LogP contribution in [0.3, 0.4) is 0 Å². The number of hydrogen-bond donors (Lipinski definition) is 2. The SMILES string of the molecule is COCCN(CC(=O)N(CCc1c[nH]c2ccccc12)Cc1ccccc1OC)C(=O)Nc1cc(C(F)(F)F)cc(C(F)(F)F)c1. The van der Waals surface area contributed by atoms with Gasteiger partial charge in [-0.05, 0) is 42.3 Å². The van der Waals surface area contributed by atoms with Crippen LogP contribution in [0.2, 0.25) is 0 Å². The van der Waals surface area contributed by atoms with E-state index in [9.17, 15) is 35.9 Å². The first kappa shape index (κ1) is 34.2. The Kier molecular flexibility index (Phi) is 10.8. The van der Waals surface area contributed by atoms with E-state index in [2.05, 4.69) is 10.3 Å². The molecule has 0 aliphatic rings. The number of anilines is 1. The molecular formula is C32H32F6N4O4. The maximum atomic E-state index is 13.8. The molecule has 4 aromatic rings. The lowest BCUT2D eigenvalue weighted by atomic mass is 10.1. The Labute approximate surface area is 260 Å². The summed E-state index contributed by atoms with van der Waals surface area (Å²) >= 11 is 0. The fraction of sp³-hybridized carbons (Fsp3) is 0.312. The summed E-state index contributed by atoms with van der Waals surface area (Å²) in [5.74, 6) is 0.0171. The van der Waals surface area contributed by atoms with Gasteiger partial charge < -0.3 is 29.6 Å². The maximum absolute atomic E-state index is 13.8. The quantitative estimate of drug-likeness (QED) is 0.162. The van der Waals surface area contributed by atoms with E-state index in [1.54, 1.807) is 24.3 Å². The lowest BCUT2D eigenvalue weighted by Crippen LogP contribution is -2.46. The van der Waals surface area contributed by atoms with E-state index in [4.69, 9.17) is 9.47 Å². The zero-order chi connectivity index (χ0) is 33.5. The molecule has 1 aromatic heterocycles. The first-order valence-corrected chi connectivity index (χ1v) is 14.1. The van der Waals surface area contributed by atoms with Gasteiger partial charge in [-0.1, -0.05) is 36.4 Å². The number of methoxy groups -OCH3 is 2. The largest absolute Gasteiger partial charge is 0.496 e. The van der Waals surface area contributed by atoms with E-state index in [-0.39, 0.29) is 32.3 Å². The number of amides is 3. The Hall–Kier alpha value is -4.72. The first-order valence-electron chi connectivity index (χ1n) is 14.1. The van der Waals surface area contributed by atoms with E-state index in [1.165, 1.54) is 19.1 Å². The van der Waals surface area contributed by atoms with Gasteiger partial charge in [-0.3, -0.25) is 4.79 Å². The predicted octanol–water partition coefficient (Wildman–Crippen LogP) is 6.97. The summed E-state index contributed by atoms with van der Waals surface area (Å²) in [6, 6.07) is 14.4. The third-order valence-electron chi connectivity index (χ3n) is 7.25. The topological polar surface area (TPSA) is 86.9 Å². The van der Waals surface area contributed by atoms with E-state index < -0.39 is 47.6 Å². The Balaban J connectivity index is 1.59. The molecule has 0 atom stereocenters. The molecule has 0 spiro atoms. The smallest absolute Gasteiger partial charge is 0.416 e. The first-order chi connectivity index (χ1) is 21.8. The van der Waals surface area contributed by atoms with Crippen molar-refractivity contribution in [3.8, 4) is 5.75 Å². The van der Waals surface area contributed by atoms with Crippen LogP contribution in [0.15, 0.2) is 72.9 Å². The number of carbonyl (C=O) groups is 2. The number of benzene rings is 3. The highest BCUT2D eigenvalue weighted by Crippen LogP contribution is 2.37. The fourth-order valence-electron chi connectivity index (χ4n) is 4.87. The summed E-state index contributed by atoms with van der Waals surface area (Å²) in [6.07, 6.45) is -7.91. The van der Waals surface area contributed by atoms with Crippen molar-refractivity contribution in [3.63, 3.8) is 0 Å². The number of aromatic nitrogens is 1. The van der Waals surface area contributed by atoms with Gasteiger partial charge in [0, 0.05) is 55.1 Å². The van der Waals surface area contributed by atoms with Crippen molar-refractivity contribution in [2.75, 3.05) is 45.8 Å². The van der Waals surface area contributed by atoms with E-state index in [0.717, 1.165) is 21.4 Å². The van der Waals surface area contributed by atoms with Gasteiger partial charge in [0.1, 0.15) is 12.3 Å². The summed E-state index contributed by atoms with van der Waals surface area (Å²) in [5, 5.41) is 3.08. The Morgan fingerprint density at radius 1 is 0.826 bits per heavy atom. The summed E-state index contributed by atoms with van der Waals surface area (Å²) < 4.78 is 90.8. The fourth-order valence-corrected chi connectivity index (χ4v) is 4.87. The maximum Gasteiger partial charge on any atom is 0.416 e. The zero-order valence-electron chi connectivity index (χ0n) is 25.0. The van der Waals surface area contributed by atoms with Crippen molar-refractivity contribution in [1.29, 1.82) is 0 Å². The number of rotatable bonds is 12. The van der Waals surface area contributed by atoms with Crippen molar-refractivity contribution in [3.05, 3.63) is 95.2 Å². The molecule has 246 valence electrons. The number of para-hydroxylation sites is 2. The van der Waals surface area contributed by atoms with Gasteiger partial charge in [0.15, 0.2) is 0 Å². The molecular weight excluding hydrogens is 618 g/mol. The molecule has 8 nitrogen and oxygen atoms in total. The molecule has 3 aromatic carbocycles. The highest BCUT2D eigenvalue weighted by atomic mass is 19.4. The highest BCUT2D eigenvalue weighted by Gasteiger charge is 2.37. The molecule has 0 fully saturated rings. The molecule has 46 heavy (non-hydrogen) atoms. The second-order valence-corrected chi connectivity index (χ2v) is 10.4. The van der Waals surface area contributed by atoms with Crippen molar-refractivity contribution in [2.45, 2.75) is 25.3 Å². The standard InChI is InChI=1S/C32H32F6N4O4/c1-45-14-13-42(30(44)40-25-16-23(31(33,34)35)15-24(17-25)32(36,37)38)20-29(43)41(19-22-7-3-6-10-28(22)46-2)12-11-21-18-39-27-9-5-4-8-26(21)27/h3-10,15-18,39H,11-14,19-20H2,1-2H3,(H,40,44). The molecule has 0 saturated carbocycles. The van der Waals surface area contributed by atoms with Gasteiger partial charge in [-0.2, -0.15) is 26.3 Å². The number of nitrogens with one attached hydrogen (secondary N) is 2. The van der Waals surface area contributed by atoms with Crippen LogP contribution in [0.5, 0.6) is 5.75 Å². The number of hydrogen-bond acceptors (Lipinski definition) is 4. The lowest BCUT2D eigenvalue weighted by molar-refractivity contribution is -0.143. The number of H-pyrrole nitrogens is 1. The van der Waals surface area contributed by atoms with Crippen molar-refractivity contribution in [2.24, 2.45) is 0 Å². The Morgan fingerprint density at radius 3 is 2.13 bits per heavy atom. The van der Waals surface area contributed by atoms with Crippen LogP contribution in [0.25, 0.3) is 10.9 Å². The molecule has 0 radical (unpaired) electrons. The van der Waals surface area contributed by atoms with E-state index in [0.29, 0.717) is 29.9 Å². The van der Waals surface area contributed by atoms with Crippen molar-refractivity contribution < 1.29 is 45.4 Å². The zero-order valence-corrected chi connectivity index (χ0v) is 25.0. The van der Waals surface area contributed by atoms with Crippen LogP contribution >= 0.6 is 0 Å². The van der Waals surface area contributed by atoms with E-state index in [1.807, 2.05) is 30.5 Å². The molecule has 3 amide bonds. The van der Waals surface area contributed by atoms with E-state index >= 15 is 0 Å². The van der Waals surface area contributed by atoms with Crippen LogP contribution in [-0.2, 0) is 34.8 Å². The Bertz CT molecular complexity index is 1620. The molecule has 0 aliphatic carbocycles. The molecule has 0 saturated heterocycles. The number of ether oxygens (including phenoxy) is 2. The number of fused-ring (bicyclic) bond motifs is 1. The van der Waals surface area contributed by atoms with Gasteiger partial charge >= 0.3 is 18.4 Å². The van der Waals surface area contributed by atoms with Gasteiger partial charge in [0.2, 0.25) is 5.91 Å². The van der Waals surface area contributed by atoms with Gasteiger partial charge in [0.05, 0.1) is 24.8 Å². The monoisotopic (exact) mass is 650 g/mol. The van der Waals surface area contributed by atoms with Crippen LogP contribution in [0, 0.1) is 0 Å². The van der Waals surface area contributed by atoms with Gasteiger partial charge in [0.25, 0.3) is 0 Å². The third-order valence-corrected chi connectivity index (χ3v) is 7.25. The highest BCUT2D eigenvalue weighted by molar-refractivity contribution is 5.92. The average Bonchev–Trinajstić information content (AvgIpc) is 3.43. The molecule has 0 unspecified atom stereocenters. The van der Waals surface area contributed by atoms with Crippen molar-refractivity contribution in [1.82, 2.24) is 14.8 Å². The number of halogens is 6. The molecule has 0 bridgehead atoms. The molecule has 2 N–H and O–H groups in total. The number of carbonyl (C=O) groups excluding carboxylic acids is 2. The lowest BCUT2D eigenvalue weighted by Gasteiger charge is -2.28. The molecule has 0 aliphatic heterocycles. The summed E-state index contributed by atoms with van der Waals surface area (Å²) in [5.41, 5.74) is -1.34. The van der Waals surface area contributed by atoms with Crippen LogP contribution in [-0.4, -0.2) is 67.2 Å². The third kappa shape index (κ3) is 8.71. The number of alkyl halides is 6. The van der Waals surface area contributed by atoms with Crippen molar-refractivity contribution >= 4 is 28.5 Å². The minimum atomic E-state index is -5.10. The summed E-state index contributed by atoms with van der Waals surface area (Å²) in [4.78, 5) is 32.7. The minimum absolute atomic E-state index is 0.0364. The second-order valence-electron chi connectivity index (χ2n) is 10.4. The minimum Gasteiger partial charge on any atom is -0.496 e. The van der Waals surface area contributed by atoms with Crippen LogP contribution < -0.4 is 10.1 Å². The predicted molar refractivity (Wildman–Crippen MR) is 159 cm³/mol. The van der Waals surface area contributed by atoms with Gasteiger partial charge in [-0.15, -0.1) is 0 Å². The summed E-state index contributed by atoms with van der Waals surface area (Å²) in [7, 11) is 2.83. The normalized spacial score (nSPS) is 11.8. The van der Waals surface area contributed by atoms with Gasteiger partial charge in [-0.25, -0.2) is 4.79 Å². The van der Waals surface area contributed by atoms with Crippen LogP contribution in [0.1, 0.15) is 22.3 Å². The number of urea groups is 1. The number of aromatic amines is 1.